The third kappa shape index (κ3) is 4.29. The average Bonchev–Trinajstić information content (AvgIpc) is 2.85. The summed E-state index contributed by atoms with van der Waals surface area (Å²) in [7, 11) is 0. The Morgan fingerprint density at radius 2 is 1.68 bits per heavy atom. The Balaban J connectivity index is 1.49. The Morgan fingerprint density at radius 3 is 2.42 bits per heavy atom. The first-order valence-electron chi connectivity index (χ1n) is 10.9. The molecule has 2 aliphatic heterocycles. The molecule has 4 nitrogen and oxygen atoms in total. The van der Waals surface area contributed by atoms with E-state index in [1.165, 1.54) is 5.57 Å². The highest BCUT2D eigenvalue weighted by molar-refractivity contribution is 6.13. The molecule has 1 aliphatic carbocycles. The zero-order chi connectivity index (χ0) is 21.0. The van der Waals surface area contributed by atoms with E-state index < -0.39 is 0 Å². The number of benzene rings is 2. The van der Waals surface area contributed by atoms with Crippen molar-refractivity contribution < 1.29 is 0 Å². The maximum Gasteiger partial charge on any atom is 0.159 e. The van der Waals surface area contributed by atoms with Gasteiger partial charge in [-0.3, -0.25) is 0 Å². The number of amidine groups is 2. The first kappa shape index (κ1) is 19.3. The van der Waals surface area contributed by atoms with Gasteiger partial charge in [-0.15, -0.1) is 0 Å². The fourth-order valence-corrected chi connectivity index (χ4v) is 3.97. The number of hydrogen-bond donors (Lipinski definition) is 2. The van der Waals surface area contributed by atoms with Gasteiger partial charge in [-0.1, -0.05) is 85.0 Å². The largest absolute Gasteiger partial charge is 0.379 e. The van der Waals surface area contributed by atoms with Crippen molar-refractivity contribution in [2.45, 2.75) is 32.0 Å². The molecule has 0 amide bonds. The number of hydrogen-bond acceptors (Lipinski definition) is 4. The molecule has 0 radical (unpaired) electrons. The van der Waals surface area contributed by atoms with Crippen molar-refractivity contribution in [3.63, 3.8) is 0 Å². The molecule has 2 N–H and O–H groups in total. The maximum atomic E-state index is 4.96. The number of dihydropyridines is 1. The summed E-state index contributed by atoms with van der Waals surface area (Å²) in [5.74, 6) is 1.61. The minimum absolute atomic E-state index is 0.132. The SMILES string of the molecule is CC1C=CC=C(c2ccc(C3=NC(C4=CCCC=C4)NC(c4ccccc4)=N3)cc2)N1. The normalized spacial score (nSPS) is 22.5. The Kier molecular flexibility index (Phi) is 5.36. The Hall–Kier alpha value is -3.66. The van der Waals surface area contributed by atoms with Crippen molar-refractivity contribution in [2.75, 3.05) is 0 Å². The summed E-state index contributed by atoms with van der Waals surface area (Å²) in [6.45, 7) is 2.15. The van der Waals surface area contributed by atoms with Crippen LogP contribution in [0.3, 0.4) is 0 Å². The van der Waals surface area contributed by atoms with Crippen LogP contribution in [0.4, 0.5) is 0 Å². The van der Waals surface area contributed by atoms with E-state index >= 15 is 0 Å². The smallest absolute Gasteiger partial charge is 0.159 e. The summed E-state index contributed by atoms with van der Waals surface area (Å²) >= 11 is 0. The van der Waals surface area contributed by atoms with Gasteiger partial charge in [0.2, 0.25) is 0 Å². The molecule has 0 saturated heterocycles. The van der Waals surface area contributed by atoms with Crippen LogP contribution in [-0.4, -0.2) is 23.9 Å². The quantitative estimate of drug-likeness (QED) is 0.753. The molecule has 2 unspecified atom stereocenters. The highest BCUT2D eigenvalue weighted by Gasteiger charge is 2.22. The van der Waals surface area contributed by atoms with Crippen LogP contribution in [0.1, 0.15) is 36.5 Å². The molecule has 2 atom stereocenters. The standard InChI is InChI=1S/C27H26N4/c1-19-9-8-14-24(28-19)20-15-17-23(18-16-20)27-30-25(21-10-4-2-5-11-21)29-26(31-27)22-12-6-3-7-13-22/h2,4-6,8-19,26,28H,3,7H2,1H3,(H,29,30,31). The lowest BCUT2D eigenvalue weighted by atomic mass is 10.0. The van der Waals surface area contributed by atoms with Crippen LogP contribution in [-0.2, 0) is 0 Å². The summed E-state index contributed by atoms with van der Waals surface area (Å²) < 4.78 is 0. The summed E-state index contributed by atoms with van der Waals surface area (Å²) in [6, 6.07) is 19.1. The summed E-state index contributed by atoms with van der Waals surface area (Å²) in [5.41, 5.74) is 5.58. The second-order valence-corrected chi connectivity index (χ2v) is 7.99. The second kappa shape index (κ2) is 8.60. The van der Waals surface area contributed by atoms with Crippen LogP contribution in [0.25, 0.3) is 5.70 Å². The first-order valence-corrected chi connectivity index (χ1v) is 10.9. The fourth-order valence-electron chi connectivity index (χ4n) is 3.97. The summed E-state index contributed by atoms with van der Waals surface area (Å²) in [6.07, 6.45) is 15.0. The van der Waals surface area contributed by atoms with Crippen LogP contribution >= 0.6 is 0 Å². The molecule has 0 saturated carbocycles. The van der Waals surface area contributed by atoms with E-state index in [-0.39, 0.29) is 6.17 Å². The Bertz CT molecular complexity index is 1130. The highest BCUT2D eigenvalue weighted by atomic mass is 15.2. The van der Waals surface area contributed by atoms with E-state index in [9.17, 15) is 0 Å². The molecule has 5 rings (SSSR count). The molecule has 0 aromatic heterocycles. The van der Waals surface area contributed by atoms with Gasteiger partial charge in [0.05, 0.1) is 0 Å². The number of allylic oxidation sites excluding steroid dienone is 4. The molecule has 0 bridgehead atoms. The molecule has 2 aromatic rings. The van der Waals surface area contributed by atoms with E-state index in [1.54, 1.807) is 0 Å². The number of nitrogens with zero attached hydrogens (tertiary/aromatic N) is 2. The maximum absolute atomic E-state index is 4.96. The van der Waals surface area contributed by atoms with Crippen LogP contribution in [0.5, 0.6) is 0 Å². The topological polar surface area (TPSA) is 48.8 Å². The van der Waals surface area contributed by atoms with E-state index in [4.69, 9.17) is 9.98 Å². The lowest BCUT2D eigenvalue weighted by Gasteiger charge is -2.25. The van der Waals surface area contributed by atoms with Gasteiger partial charge in [0.15, 0.2) is 5.84 Å². The van der Waals surface area contributed by atoms with Crippen molar-refractivity contribution in [3.8, 4) is 0 Å². The fraction of sp³-hybridized carbons (Fsp3) is 0.185. The average molecular weight is 407 g/mol. The van der Waals surface area contributed by atoms with Crippen LogP contribution < -0.4 is 10.6 Å². The molecule has 2 heterocycles. The number of rotatable bonds is 4. The molecule has 154 valence electrons. The summed E-state index contributed by atoms with van der Waals surface area (Å²) in [4.78, 5) is 9.85. The van der Waals surface area contributed by atoms with Gasteiger partial charge in [-0.25, -0.2) is 9.98 Å². The van der Waals surface area contributed by atoms with Gasteiger partial charge >= 0.3 is 0 Å². The molecular weight excluding hydrogens is 380 g/mol. The minimum atomic E-state index is -0.132. The third-order valence-corrected chi connectivity index (χ3v) is 5.63. The van der Waals surface area contributed by atoms with E-state index in [0.717, 1.165) is 46.9 Å². The lowest BCUT2D eigenvalue weighted by molar-refractivity contribution is 0.721. The predicted octanol–water partition coefficient (Wildman–Crippen LogP) is 4.97. The molecular formula is C27H26N4. The van der Waals surface area contributed by atoms with Crippen LogP contribution in [0, 0.1) is 0 Å². The van der Waals surface area contributed by atoms with Gasteiger partial charge in [0, 0.05) is 22.9 Å². The van der Waals surface area contributed by atoms with Gasteiger partial charge in [0.1, 0.15) is 12.0 Å². The van der Waals surface area contributed by atoms with E-state index in [1.807, 2.05) is 18.2 Å². The summed E-state index contributed by atoms with van der Waals surface area (Å²) in [5, 5.41) is 7.03. The number of nitrogens with one attached hydrogen (secondary N) is 2. The third-order valence-electron chi connectivity index (χ3n) is 5.63. The molecule has 2 aromatic carbocycles. The minimum Gasteiger partial charge on any atom is -0.379 e. The zero-order valence-corrected chi connectivity index (χ0v) is 17.6. The van der Waals surface area contributed by atoms with Gasteiger partial charge in [0.25, 0.3) is 0 Å². The van der Waals surface area contributed by atoms with E-state index in [0.29, 0.717) is 6.04 Å². The highest BCUT2D eigenvalue weighted by Crippen LogP contribution is 2.21. The monoisotopic (exact) mass is 406 g/mol. The molecule has 3 aliphatic rings. The molecule has 0 fully saturated rings. The van der Waals surface area contributed by atoms with Crippen LogP contribution in [0.15, 0.2) is 107 Å². The van der Waals surface area contributed by atoms with Gasteiger partial charge in [-0.2, -0.15) is 0 Å². The molecule has 31 heavy (non-hydrogen) atoms. The Morgan fingerprint density at radius 1 is 0.871 bits per heavy atom. The first-order chi connectivity index (χ1) is 15.3. The van der Waals surface area contributed by atoms with Crippen LogP contribution in [0.2, 0.25) is 0 Å². The number of aliphatic imine (C=N–C) groups is 2. The molecule has 0 spiro atoms. The molecule has 4 heteroatoms. The lowest BCUT2D eigenvalue weighted by Crippen LogP contribution is -2.40. The van der Waals surface area contributed by atoms with Gasteiger partial charge < -0.3 is 10.6 Å². The Labute approximate surface area is 183 Å². The predicted molar refractivity (Wildman–Crippen MR) is 129 cm³/mol. The van der Waals surface area contributed by atoms with Crippen molar-refractivity contribution in [2.24, 2.45) is 9.98 Å². The second-order valence-electron chi connectivity index (χ2n) is 7.99. The zero-order valence-electron chi connectivity index (χ0n) is 17.6. The van der Waals surface area contributed by atoms with Crippen molar-refractivity contribution in [1.29, 1.82) is 0 Å². The van der Waals surface area contributed by atoms with Crippen molar-refractivity contribution in [1.82, 2.24) is 10.6 Å². The van der Waals surface area contributed by atoms with Crippen molar-refractivity contribution in [3.05, 3.63) is 113 Å². The van der Waals surface area contributed by atoms with E-state index in [2.05, 4.69) is 90.4 Å². The van der Waals surface area contributed by atoms with Gasteiger partial charge in [-0.05, 0) is 37.0 Å². The van der Waals surface area contributed by atoms with Crippen molar-refractivity contribution >= 4 is 17.4 Å².